The lowest BCUT2D eigenvalue weighted by Gasteiger charge is -2.18. The van der Waals surface area contributed by atoms with Crippen LogP contribution in [0.1, 0.15) is 201 Å². The Morgan fingerprint density at radius 2 is 0.677 bits per heavy atom. The van der Waals surface area contributed by atoms with Gasteiger partial charge in [0, 0.05) is 19.3 Å². The molecule has 0 fully saturated rings. The minimum atomic E-state index is -0.825. The molecule has 0 aromatic rings. The Hall–Kier alpha value is -4.45. The molecule has 0 aliphatic carbocycles. The van der Waals surface area contributed by atoms with E-state index < -0.39 is 6.10 Å². The highest BCUT2D eigenvalue weighted by atomic mass is 16.6. The van der Waals surface area contributed by atoms with Gasteiger partial charge in [-0.3, -0.25) is 14.4 Å². The average molecular weight is 897 g/mol. The van der Waals surface area contributed by atoms with Crippen LogP contribution in [0.3, 0.4) is 0 Å². The Bertz CT molecular complexity index is 1450. The largest absolute Gasteiger partial charge is 0.462 e. The van der Waals surface area contributed by atoms with Crippen LogP contribution in [-0.2, 0) is 28.6 Å². The molecule has 0 aromatic heterocycles. The fourth-order valence-electron chi connectivity index (χ4n) is 6.48. The van der Waals surface area contributed by atoms with Gasteiger partial charge in [-0.2, -0.15) is 0 Å². The number of allylic oxidation sites excluding steroid dienone is 22. The summed E-state index contributed by atoms with van der Waals surface area (Å²) < 4.78 is 16.7. The van der Waals surface area contributed by atoms with Crippen LogP contribution in [0.25, 0.3) is 0 Å². The second-order valence-corrected chi connectivity index (χ2v) is 16.5. The van der Waals surface area contributed by atoms with Gasteiger partial charge in [0.05, 0.1) is 0 Å². The molecule has 0 bridgehead atoms. The van der Waals surface area contributed by atoms with Crippen LogP contribution in [-0.4, -0.2) is 37.2 Å². The molecule has 0 aromatic carbocycles. The first-order chi connectivity index (χ1) is 32.0. The Morgan fingerprint density at radius 1 is 0.338 bits per heavy atom. The van der Waals surface area contributed by atoms with E-state index in [4.69, 9.17) is 14.2 Å². The molecule has 0 saturated heterocycles. The van der Waals surface area contributed by atoms with Gasteiger partial charge >= 0.3 is 17.9 Å². The molecule has 0 N–H and O–H groups in total. The van der Waals surface area contributed by atoms with E-state index >= 15 is 0 Å². The molecular weight excluding hydrogens is 805 g/mol. The molecule has 1 unspecified atom stereocenters. The van der Waals surface area contributed by atoms with Gasteiger partial charge in [0.1, 0.15) is 13.2 Å². The first kappa shape index (κ1) is 60.5. The zero-order valence-electron chi connectivity index (χ0n) is 41.4. The van der Waals surface area contributed by atoms with Gasteiger partial charge in [-0.25, -0.2) is 0 Å². The van der Waals surface area contributed by atoms with E-state index in [-0.39, 0.29) is 37.5 Å². The molecule has 0 radical (unpaired) electrons. The van der Waals surface area contributed by atoms with Crippen LogP contribution in [0.15, 0.2) is 134 Å². The van der Waals surface area contributed by atoms with Gasteiger partial charge in [0.2, 0.25) is 0 Å². The summed E-state index contributed by atoms with van der Waals surface area (Å²) in [5, 5.41) is 0. The number of carbonyl (C=O) groups excluding carboxylic acids is 3. The predicted molar refractivity (Wildman–Crippen MR) is 279 cm³/mol. The summed E-state index contributed by atoms with van der Waals surface area (Å²) >= 11 is 0. The van der Waals surface area contributed by atoms with E-state index in [1.54, 1.807) is 0 Å². The molecule has 0 aliphatic rings. The van der Waals surface area contributed by atoms with Crippen molar-refractivity contribution >= 4 is 17.9 Å². The van der Waals surface area contributed by atoms with Crippen molar-refractivity contribution in [1.29, 1.82) is 0 Å². The van der Waals surface area contributed by atoms with E-state index in [0.717, 1.165) is 109 Å². The molecule has 0 heterocycles. The highest BCUT2D eigenvalue weighted by Gasteiger charge is 2.19. The minimum Gasteiger partial charge on any atom is -0.462 e. The molecule has 1 atom stereocenters. The Labute approximate surface area is 398 Å². The SMILES string of the molecule is CC\C=C/C=C\C=C/C=C\C=C\C=C/CCCCCC(=O)OCC(COC(=O)CCCCCC/C=C\C/C=C\C/C=C\CC)OC(=O)CCCCC/C=C\C=C/CCCCCCCCC. The van der Waals surface area contributed by atoms with Crippen LogP contribution < -0.4 is 0 Å². The van der Waals surface area contributed by atoms with Gasteiger partial charge in [-0.15, -0.1) is 0 Å². The van der Waals surface area contributed by atoms with Crippen molar-refractivity contribution in [3.63, 3.8) is 0 Å². The number of hydrogen-bond donors (Lipinski definition) is 0. The van der Waals surface area contributed by atoms with E-state index in [0.29, 0.717) is 19.3 Å². The van der Waals surface area contributed by atoms with E-state index in [2.05, 4.69) is 93.7 Å². The van der Waals surface area contributed by atoms with Crippen molar-refractivity contribution in [2.45, 2.75) is 207 Å². The van der Waals surface area contributed by atoms with Crippen LogP contribution in [0, 0.1) is 0 Å². The third kappa shape index (κ3) is 50.4. The lowest BCUT2D eigenvalue weighted by Crippen LogP contribution is -2.30. The van der Waals surface area contributed by atoms with Gasteiger partial charge in [0.15, 0.2) is 6.10 Å². The quantitative estimate of drug-likeness (QED) is 0.0199. The smallest absolute Gasteiger partial charge is 0.306 e. The number of ether oxygens (including phenoxy) is 3. The van der Waals surface area contributed by atoms with Crippen LogP contribution in [0.5, 0.6) is 0 Å². The normalized spacial score (nSPS) is 13.2. The van der Waals surface area contributed by atoms with Crippen LogP contribution in [0.4, 0.5) is 0 Å². The topological polar surface area (TPSA) is 78.9 Å². The highest BCUT2D eigenvalue weighted by Crippen LogP contribution is 2.12. The molecule has 0 saturated carbocycles. The van der Waals surface area contributed by atoms with E-state index in [1.165, 1.54) is 44.9 Å². The molecule has 0 rings (SSSR count). The number of unbranched alkanes of at least 4 members (excludes halogenated alkanes) is 17. The predicted octanol–water partition coefficient (Wildman–Crippen LogP) is 17.1. The zero-order valence-corrected chi connectivity index (χ0v) is 41.4. The summed E-state index contributed by atoms with van der Waals surface area (Å²) in [6, 6.07) is 0. The minimum absolute atomic E-state index is 0.120. The van der Waals surface area contributed by atoms with Crippen LogP contribution >= 0.6 is 0 Å². The van der Waals surface area contributed by atoms with Crippen molar-refractivity contribution in [1.82, 2.24) is 0 Å². The third-order valence-electron chi connectivity index (χ3n) is 10.3. The highest BCUT2D eigenvalue weighted by molar-refractivity contribution is 5.71. The molecule has 0 spiro atoms. The number of carbonyl (C=O) groups is 3. The Kier molecular flexibility index (Phi) is 48.6. The second-order valence-electron chi connectivity index (χ2n) is 16.5. The summed E-state index contributed by atoms with van der Waals surface area (Å²) in [4.78, 5) is 38.0. The second kappa shape index (κ2) is 52.2. The maximum atomic E-state index is 12.8. The first-order valence-corrected chi connectivity index (χ1v) is 25.8. The monoisotopic (exact) mass is 897 g/mol. The Morgan fingerprint density at radius 3 is 1.15 bits per heavy atom. The number of rotatable bonds is 44. The van der Waals surface area contributed by atoms with Crippen molar-refractivity contribution in [3.8, 4) is 0 Å². The fourth-order valence-corrected chi connectivity index (χ4v) is 6.48. The molecule has 364 valence electrons. The van der Waals surface area contributed by atoms with E-state index in [1.807, 2.05) is 60.8 Å². The molecule has 6 heteroatoms. The third-order valence-corrected chi connectivity index (χ3v) is 10.3. The summed E-state index contributed by atoms with van der Waals surface area (Å²) in [7, 11) is 0. The van der Waals surface area contributed by atoms with Crippen LogP contribution in [0.2, 0.25) is 0 Å². The summed E-state index contributed by atoms with van der Waals surface area (Å²) in [5.74, 6) is -1.02. The first-order valence-electron chi connectivity index (χ1n) is 25.8. The molecular formula is C59H92O6. The maximum absolute atomic E-state index is 12.8. The fraction of sp³-hybridized carbons (Fsp3) is 0.576. The standard InChI is InChI=1S/C59H92O6/c1-4-7-10-13-16-19-22-25-28-30-32-34-37-40-43-46-49-52-58(61)64-55-56(54-63-57(60)51-48-45-42-39-36-33-27-24-21-18-15-12-9-6-3)65-59(62)53-50-47-44-41-38-35-31-29-26-23-20-17-14-11-8-5-2/h7,9-10,12-13,16,18-19,21-22,25,27-35,37-38,56H,4-6,8,11,14-15,17,20,23-24,26,36,39-55H2,1-3H3/b10-7-,12-9-,16-13-,21-18-,22-19-,28-25-,31-29-,32-30+,33-27-,37-34-,38-35-. The molecule has 6 nitrogen and oxygen atoms in total. The summed E-state index contributed by atoms with van der Waals surface area (Å²) in [5.41, 5.74) is 0. The lowest BCUT2D eigenvalue weighted by atomic mass is 10.1. The molecule has 65 heavy (non-hydrogen) atoms. The number of esters is 3. The van der Waals surface area contributed by atoms with Crippen molar-refractivity contribution < 1.29 is 28.6 Å². The van der Waals surface area contributed by atoms with E-state index in [9.17, 15) is 14.4 Å². The molecule has 0 amide bonds. The zero-order chi connectivity index (χ0) is 47.2. The average Bonchev–Trinajstić information content (AvgIpc) is 3.30. The van der Waals surface area contributed by atoms with Crippen molar-refractivity contribution in [3.05, 3.63) is 134 Å². The molecule has 0 aliphatic heterocycles. The Balaban J connectivity index is 4.59. The summed E-state index contributed by atoms with van der Waals surface area (Å²) in [6.45, 7) is 6.27. The lowest BCUT2D eigenvalue weighted by molar-refractivity contribution is -0.167. The number of hydrogen-bond acceptors (Lipinski definition) is 6. The van der Waals surface area contributed by atoms with Gasteiger partial charge in [-0.1, -0.05) is 219 Å². The van der Waals surface area contributed by atoms with Gasteiger partial charge < -0.3 is 14.2 Å². The van der Waals surface area contributed by atoms with Gasteiger partial charge in [-0.05, 0) is 96.3 Å². The summed E-state index contributed by atoms with van der Waals surface area (Å²) in [6.07, 6.45) is 72.9. The van der Waals surface area contributed by atoms with Gasteiger partial charge in [0.25, 0.3) is 0 Å². The van der Waals surface area contributed by atoms with Crippen molar-refractivity contribution in [2.75, 3.05) is 13.2 Å². The van der Waals surface area contributed by atoms with Crippen molar-refractivity contribution in [2.24, 2.45) is 0 Å². The maximum Gasteiger partial charge on any atom is 0.306 e.